The lowest BCUT2D eigenvalue weighted by atomic mass is 10.0. The number of carboxylic acids is 1. The van der Waals surface area contributed by atoms with Gasteiger partial charge in [0.05, 0.1) is 16.8 Å². The Hall–Kier alpha value is -2.76. The number of pyridine rings is 1. The monoisotopic (exact) mass is 299 g/mol. The van der Waals surface area contributed by atoms with Gasteiger partial charge in [-0.25, -0.2) is 9.18 Å². The predicted molar refractivity (Wildman–Crippen MR) is 79.4 cm³/mol. The molecule has 2 aromatic heterocycles. The quantitative estimate of drug-likeness (QED) is 0.807. The molecule has 1 aromatic carbocycles. The topological polar surface area (TPSA) is 68.0 Å². The van der Waals surface area contributed by atoms with Crippen molar-refractivity contribution in [3.8, 4) is 0 Å². The molecule has 0 unspecified atom stereocenters. The number of nitrogens with zero attached hydrogens (tertiary/aromatic N) is 3. The minimum atomic E-state index is -1.01. The van der Waals surface area contributed by atoms with E-state index in [1.54, 1.807) is 11.7 Å². The normalized spacial score (nSPS) is 11.0. The summed E-state index contributed by atoms with van der Waals surface area (Å²) >= 11 is 0. The summed E-state index contributed by atoms with van der Waals surface area (Å²) in [5, 5.41) is 14.3. The van der Waals surface area contributed by atoms with E-state index in [2.05, 4.69) is 10.1 Å². The van der Waals surface area contributed by atoms with Crippen LogP contribution in [-0.4, -0.2) is 25.8 Å². The Morgan fingerprint density at radius 3 is 2.91 bits per heavy atom. The molecule has 3 aromatic rings. The predicted octanol–water partition coefficient (Wildman–Crippen LogP) is 2.70. The van der Waals surface area contributed by atoms with E-state index in [0.717, 1.165) is 11.1 Å². The molecule has 0 saturated carbocycles. The molecule has 0 aliphatic carbocycles. The van der Waals surface area contributed by atoms with Crippen molar-refractivity contribution in [1.29, 1.82) is 0 Å². The molecule has 0 atom stereocenters. The van der Waals surface area contributed by atoms with Gasteiger partial charge >= 0.3 is 5.97 Å². The van der Waals surface area contributed by atoms with Gasteiger partial charge in [0.15, 0.2) is 0 Å². The first-order valence-electron chi connectivity index (χ1n) is 6.75. The molecule has 22 heavy (non-hydrogen) atoms. The van der Waals surface area contributed by atoms with Crippen LogP contribution in [-0.2, 0) is 13.5 Å². The van der Waals surface area contributed by atoms with Crippen molar-refractivity contribution in [3.05, 3.63) is 58.8 Å². The Morgan fingerprint density at radius 1 is 1.41 bits per heavy atom. The maximum absolute atomic E-state index is 13.7. The van der Waals surface area contributed by atoms with Gasteiger partial charge in [0, 0.05) is 31.2 Å². The zero-order chi connectivity index (χ0) is 15.9. The van der Waals surface area contributed by atoms with E-state index in [1.807, 2.05) is 6.92 Å². The van der Waals surface area contributed by atoms with Crippen LogP contribution in [0, 0.1) is 12.7 Å². The molecule has 5 nitrogen and oxygen atoms in total. The first-order chi connectivity index (χ1) is 10.5. The van der Waals surface area contributed by atoms with Crippen LogP contribution in [0.15, 0.2) is 30.6 Å². The number of aryl methyl sites for hydroxylation is 2. The van der Waals surface area contributed by atoms with E-state index in [4.69, 9.17) is 0 Å². The van der Waals surface area contributed by atoms with Crippen molar-refractivity contribution in [3.63, 3.8) is 0 Å². The Morgan fingerprint density at radius 2 is 2.18 bits per heavy atom. The van der Waals surface area contributed by atoms with E-state index >= 15 is 0 Å². The summed E-state index contributed by atoms with van der Waals surface area (Å²) in [4.78, 5) is 15.2. The van der Waals surface area contributed by atoms with Crippen LogP contribution in [0.4, 0.5) is 4.39 Å². The molecule has 0 fully saturated rings. The number of aromatic carboxylic acids is 1. The highest BCUT2D eigenvalue weighted by molar-refractivity contribution is 5.90. The summed E-state index contributed by atoms with van der Waals surface area (Å²) < 4.78 is 15.4. The third-order valence-corrected chi connectivity index (χ3v) is 3.66. The van der Waals surface area contributed by atoms with Gasteiger partial charge in [-0.2, -0.15) is 5.10 Å². The van der Waals surface area contributed by atoms with Crippen molar-refractivity contribution in [2.75, 3.05) is 0 Å². The highest BCUT2D eigenvalue weighted by atomic mass is 19.1. The first kappa shape index (κ1) is 14.2. The van der Waals surface area contributed by atoms with Crippen LogP contribution in [0.2, 0.25) is 0 Å². The van der Waals surface area contributed by atoms with Gasteiger partial charge in [0.25, 0.3) is 0 Å². The molecule has 0 radical (unpaired) electrons. The smallest absolute Gasteiger partial charge is 0.336 e. The van der Waals surface area contributed by atoms with E-state index in [0.29, 0.717) is 16.6 Å². The third kappa shape index (κ3) is 2.32. The zero-order valence-corrected chi connectivity index (χ0v) is 12.2. The average molecular weight is 299 g/mol. The van der Waals surface area contributed by atoms with Gasteiger partial charge in [-0.05, 0) is 36.2 Å². The number of halogens is 1. The molecule has 6 heteroatoms. The van der Waals surface area contributed by atoms with Crippen LogP contribution in [0.25, 0.3) is 10.9 Å². The lowest BCUT2D eigenvalue weighted by molar-refractivity contribution is 0.0695. The van der Waals surface area contributed by atoms with Gasteiger partial charge in [-0.15, -0.1) is 0 Å². The summed E-state index contributed by atoms with van der Waals surface area (Å²) in [5.41, 5.74) is 3.01. The number of rotatable bonds is 3. The minimum Gasteiger partial charge on any atom is -0.478 e. The maximum atomic E-state index is 13.7. The summed E-state index contributed by atoms with van der Waals surface area (Å²) in [7, 11) is 1.79. The number of hydrogen-bond donors (Lipinski definition) is 1. The van der Waals surface area contributed by atoms with Gasteiger partial charge in [0.2, 0.25) is 0 Å². The maximum Gasteiger partial charge on any atom is 0.336 e. The molecule has 0 amide bonds. The zero-order valence-electron chi connectivity index (χ0n) is 12.2. The van der Waals surface area contributed by atoms with E-state index < -0.39 is 5.97 Å². The van der Waals surface area contributed by atoms with Crippen molar-refractivity contribution in [1.82, 2.24) is 14.8 Å². The molecule has 0 bridgehead atoms. The fourth-order valence-electron chi connectivity index (χ4n) is 2.76. The first-order valence-corrected chi connectivity index (χ1v) is 6.75. The molecular formula is C16H14FN3O2. The second kappa shape index (κ2) is 5.22. The van der Waals surface area contributed by atoms with Crippen LogP contribution >= 0.6 is 0 Å². The number of carboxylic acid groups (broad SMARTS) is 1. The van der Waals surface area contributed by atoms with Crippen LogP contribution in [0.3, 0.4) is 0 Å². The average Bonchev–Trinajstić information content (AvgIpc) is 2.75. The highest BCUT2D eigenvalue weighted by Gasteiger charge is 2.16. The second-order valence-electron chi connectivity index (χ2n) is 5.20. The number of aromatic nitrogens is 3. The summed E-state index contributed by atoms with van der Waals surface area (Å²) in [5.74, 6) is -1.34. The minimum absolute atomic E-state index is 0.182. The van der Waals surface area contributed by atoms with Crippen molar-refractivity contribution in [2.24, 2.45) is 7.05 Å². The van der Waals surface area contributed by atoms with Crippen molar-refractivity contribution < 1.29 is 14.3 Å². The molecule has 0 saturated heterocycles. The number of carbonyl (C=O) groups is 1. The standard InChI is InChI=1S/C16H14FN3O2/c1-9-5-11(17)7-13-14(19-20(2)15(9)13)6-10-8-18-4-3-12(10)16(21)22/h3-5,7-8H,6H2,1-2H3,(H,21,22). The fourth-order valence-corrected chi connectivity index (χ4v) is 2.76. The molecule has 112 valence electrons. The van der Waals surface area contributed by atoms with Gasteiger partial charge < -0.3 is 5.11 Å². The van der Waals surface area contributed by atoms with Crippen LogP contribution < -0.4 is 0 Å². The lowest BCUT2D eigenvalue weighted by Gasteiger charge is -2.04. The molecule has 3 rings (SSSR count). The Bertz CT molecular complexity index is 886. The van der Waals surface area contributed by atoms with Gasteiger partial charge in [0.1, 0.15) is 5.82 Å². The third-order valence-electron chi connectivity index (χ3n) is 3.66. The van der Waals surface area contributed by atoms with Crippen molar-refractivity contribution >= 4 is 16.9 Å². The number of fused-ring (bicyclic) bond motifs is 1. The molecule has 0 spiro atoms. The molecular weight excluding hydrogens is 285 g/mol. The molecule has 0 aliphatic rings. The van der Waals surface area contributed by atoms with Gasteiger partial charge in [-0.3, -0.25) is 9.67 Å². The van der Waals surface area contributed by atoms with Gasteiger partial charge in [-0.1, -0.05) is 0 Å². The SMILES string of the molecule is Cc1cc(F)cc2c(Cc3cnccc3C(=O)O)nn(C)c12. The number of hydrogen-bond acceptors (Lipinski definition) is 3. The molecule has 1 N–H and O–H groups in total. The van der Waals surface area contributed by atoms with E-state index in [-0.39, 0.29) is 17.8 Å². The molecule has 0 aliphatic heterocycles. The van der Waals surface area contributed by atoms with E-state index in [9.17, 15) is 14.3 Å². The van der Waals surface area contributed by atoms with E-state index in [1.165, 1.54) is 30.6 Å². The second-order valence-corrected chi connectivity index (χ2v) is 5.20. The summed E-state index contributed by atoms with van der Waals surface area (Å²) in [6.45, 7) is 1.82. The highest BCUT2D eigenvalue weighted by Crippen LogP contribution is 2.25. The lowest BCUT2D eigenvalue weighted by Crippen LogP contribution is -2.04. The summed E-state index contributed by atoms with van der Waals surface area (Å²) in [6.07, 6.45) is 3.24. The van der Waals surface area contributed by atoms with Crippen LogP contribution in [0.5, 0.6) is 0 Å². The van der Waals surface area contributed by atoms with Crippen LogP contribution in [0.1, 0.15) is 27.2 Å². The Kier molecular flexibility index (Phi) is 3.36. The Balaban J connectivity index is 2.15. The Labute approximate surface area is 126 Å². The largest absolute Gasteiger partial charge is 0.478 e. The molecule has 2 heterocycles. The number of benzene rings is 1. The fraction of sp³-hybridized carbons (Fsp3) is 0.188. The van der Waals surface area contributed by atoms with Crippen molar-refractivity contribution in [2.45, 2.75) is 13.3 Å². The summed E-state index contributed by atoms with van der Waals surface area (Å²) in [6, 6.07) is 4.34.